The Hall–Kier alpha value is -0.380. The Balaban J connectivity index is 2.87. The highest BCUT2D eigenvalue weighted by Crippen LogP contribution is 2.34. The Labute approximate surface area is 95.9 Å². The van der Waals surface area contributed by atoms with E-state index >= 15 is 0 Å². The van der Waals surface area contributed by atoms with Crippen molar-refractivity contribution in [3.63, 3.8) is 0 Å². The molecule has 0 aliphatic heterocycles. The van der Waals surface area contributed by atoms with Gasteiger partial charge < -0.3 is 9.84 Å². The SMILES string of the molecule is COC(C(O)c1ccc(C)s1)C(C)(C)C. The zero-order valence-corrected chi connectivity index (χ0v) is 10.9. The number of aliphatic hydroxyl groups excluding tert-OH is 1. The van der Waals surface area contributed by atoms with Gasteiger partial charge >= 0.3 is 0 Å². The summed E-state index contributed by atoms with van der Waals surface area (Å²) in [6.07, 6.45) is -0.704. The molecule has 1 aromatic rings. The van der Waals surface area contributed by atoms with E-state index in [9.17, 15) is 5.11 Å². The van der Waals surface area contributed by atoms with Crippen molar-refractivity contribution in [3.05, 3.63) is 21.9 Å². The Bertz CT molecular complexity index is 312. The van der Waals surface area contributed by atoms with Gasteiger partial charge in [0.1, 0.15) is 6.10 Å². The van der Waals surface area contributed by atoms with Crippen LogP contribution in [0.25, 0.3) is 0 Å². The Kier molecular flexibility index (Phi) is 3.93. The standard InChI is InChI=1S/C12H20O2S/c1-8-6-7-9(15-8)10(13)11(14-5)12(2,3)4/h6-7,10-11,13H,1-5H3. The minimum Gasteiger partial charge on any atom is -0.385 e. The molecule has 0 spiro atoms. The lowest BCUT2D eigenvalue weighted by Gasteiger charge is -2.32. The molecule has 86 valence electrons. The highest BCUT2D eigenvalue weighted by Gasteiger charge is 2.32. The van der Waals surface area contributed by atoms with Crippen LogP contribution in [0.5, 0.6) is 0 Å². The van der Waals surface area contributed by atoms with Crippen molar-refractivity contribution in [2.24, 2.45) is 5.41 Å². The van der Waals surface area contributed by atoms with Crippen LogP contribution in [0.4, 0.5) is 0 Å². The fourth-order valence-corrected chi connectivity index (χ4v) is 2.61. The van der Waals surface area contributed by atoms with E-state index in [1.54, 1.807) is 18.4 Å². The minimum atomic E-state index is -0.534. The molecule has 0 saturated carbocycles. The van der Waals surface area contributed by atoms with E-state index in [1.165, 1.54) is 4.88 Å². The van der Waals surface area contributed by atoms with Crippen molar-refractivity contribution >= 4 is 11.3 Å². The molecule has 15 heavy (non-hydrogen) atoms. The largest absolute Gasteiger partial charge is 0.385 e. The summed E-state index contributed by atoms with van der Waals surface area (Å²) in [6.45, 7) is 8.26. The molecule has 0 fully saturated rings. The molecule has 0 saturated heterocycles. The summed E-state index contributed by atoms with van der Waals surface area (Å²) in [7, 11) is 1.65. The smallest absolute Gasteiger partial charge is 0.115 e. The summed E-state index contributed by atoms with van der Waals surface area (Å²) in [6, 6.07) is 4.00. The van der Waals surface area contributed by atoms with Crippen LogP contribution < -0.4 is 0 Å². The molecule has 0 radical (unpaired) electrons. The minimum absolute atomic E-state index is 0.0634. The summed E-state index contributed by atoms with van der Waals surface area (Å²) in [5.74, 6) is 0. The maximum absolute atomic E-state index is 10.2. The average Bonchev–Trinajstić information content (AvgIpc) is 2.50. The number of aliphatic hydroxyl groups is 1. The Morgan fingerprint density at radius 1 is 1.33 bits per heavy atom. The second-order valence-corrected chi connectivity index (χ2v) is 6.24. The summed E-state index contributed by atoms with van der Waals surface area (Å²) >= 11 is 1.63. The number of ether oxygens (including phenoxy) is 1. The molecule has 3 heteroatoms. The lowest BCUT2D eigenvalue weighted by Crippen LogP contribution is -2.34. The molecule has 0 aliphatic rings. The zero-order chi connectivity index (χ0) is 11.6. The molecule has 2 nitrogen and oxygen atoms in total. The van der Waals surface area contributed by atoms with Gasteiger partial charge in [-0.05, 0) is 24.5 Å². The molecule has 0 aromatic carbocycles. The van der Waals surface area contributed by atoms with Crippen LogP contribution in [0, 0.1) is 12.3 Å². The first-order valence-corrected chi connectivity index (χ1v) is 5.95. The van der Waals surface area contributed by atoms with E-state index in [-0.39, 0.29) is 11.5 Å². The van der Waals surface area contributed by atoms with Crippen LogP contribution in [0.15, 0.2) is 12.1 Å². The van der Waals surface area contributed by atoms with Crippen LogP contribution in [0.1, 0.15) is 36.6 Å². The molecule has 1 aromatic heterocycles. The first-order chi connectivity index (χ1) is 6.86. The molecule has 1 N–H and O–H groups in total. The lowest BCUT2D eigenvalue weighted by molar-refractivity contribution is -0.0710. The van der Waals surface area contributed by atoms with Gasteiger partial charge in [-0.25, -0.2) is 0 Å². The Morgan fingerprint density at radius 3 is 2.27 bits per heavy atom. The van der Waals surface area contributed by atoms with Gasteiger partial charge in [0.25, 0.3) is 0 Å². The summed E-state index contributed by atoms with van der Waals surface area (Å²) in [4.78, 5) is 2.20. The molecule has 2 atom stereocenters. The fraction of sp³-hybridized carbons (Fsp3) is 0.667. The van der Waals surface area contributed by atoms with E-state index in [4.69, 9.17) is 4.74 Å². The summed E-state index contributed by atoms with van der Waals surface area (Å²) in [5.41, 5.74) is -0.0634. The second kappa shape index (κ2) is 4.64. The zero-order valence-electron chi connectivity index (χ0n) is 10.1. The predicted molar refractivity (Wildman–Crippen MR) is 64.3 cm³/mol. The first kappa shape index (κ1) is 12.7. The molecule has 0 aliphatic carbocycles. The van der Waals surface area contributed by atoms with Gasteiger partial charge in [-0.3, -0.25) is 0 Å². The van der Waals surface area contributed by atoms with E-state index in [0.29, 0.717) is 0 Å². The van der Waals surface area contributed by atoms with Gasteiger partial charge in [-0.1, -0.05) is 20.8 Å². The highest BCUT2D eigenvalue weighted by atomic mass is 32.1. The molecule has 0 amide bonds. The van der Waals surface area contributed by atoms with Gasteiger partial charge in [0.2, 0.25) is 0 Å². The molecule has 2 unspecified atom stereocenters. The fourth-order valence-electron chi connectivity index (χ4n) is 1.72. The van der Waals surface area contributed by atoms with Crippen molar-refractivity contribution in [1.29, 1.82) is 0 Å². The van der Waals surface area contributed by atoms with E-state index in [1.807, 2.05) is 19.1 Å². The van der Waals surface area contributed by atoms with Crippen molar-refractivity contribution in [1.82, 2.24) is 0 Å². The number of hydrogen-bond donors (Lipinski definition) is 1. The molecule has 1 heterocycles. The maximum atomic E-state index is 10.2. The number of methoxy groups -OCH3 is 1. The topological polar surface area (TPSA) is 29.5 Å². The van der Waals surface area contributed by atoms with E-state index in [0.717, 1.165) is 4.88 Å². The summed E-state index contributed by atoms with van der Waals surface area (Å²) < 4.78 is 5.40. The van der Waals surface area contributed by atoms with Gasteiger partial charge in [-0.2, -0.15) is 0 Å². The molecular weight excluding hydrogens is 208 g/mol. The number of thiophene rings is 1. The third kappa shape index (κ3) is 3.03. The number of aryl methyl sites for hydroxylation is 1. The van der Waals surface area contributed by atoms with E-state index in [2.05, 4.69) is 20.8 Å². The third-order valence-corrected chi connectivity index (χ3v) is 3.52. The van der Waals surface area contributed by atoms with Gasteiger partial charge in [0, 0.05) is 16.9 Å². The van der Waals surface area contributed by atoms with Gasteiger partial charge in [0.15, 0.2) is 0 Å². The van der Waals surface area contributed by atoms with Gasteiger partial charge in [0.05, 0.1) is 6.10 Å². The monoisotopic (exact) mass is 228 g/mol. The van der Waals surface area contributed by atoms with E-state index < -0.39 is 6.10 Å². The van der Waals surface area contributed by atoms with Crippen molar-refractivity contribution in [2.75, 3.05) is 7.11 Å². The third-order valence-electron chi connectivity index (χ3n) is 2.45. The van der Waals surface area contributed by atoms with Crippen LogP contribution in [-0.4, -0.2) is 18.3 Å². The number of rotatable bonds is 3. The van der Waals surface area contributed by atoms with Crippen molar-refractivity contribution in [3.8, 4) is 0 Å². The second-order valence-electron chi connectivity index (χ2n) is 4.92. The maximum Gasteiger partial charge on any atom is 0.115 e. The van der Waals surface area contributed by atoms with Crippen LogP contribution in [0.2, 0.25) is 0 Å². The molecule has 1 rings (SSSR count). The predicted octanol–water partition coefficient (Wildman–Crippen LogP) is 3.15. The summed E-state index contributed by atoms with van der Waals surface area (Å²) in [5, 5.41) is 10.2. The van der Waals surface area contributed by atoms with Crippen molar-refractivity contribution in [2.45, 2.75) is 39.9 Å². The Morgan fingerprint density at radius 2 is 1.93 bits per heavy atom. The van der Waals surface area contributed by atoms with Crippen LogP contribution in [-0.2, 0) is 4.74 Å². The quantitative estimate of drug-likeness (QED) is 0.861. The molecular formula is C12H20O2S. The normalized spacial score (nSPS) is 16.4. The number of hydrogen-bond acceptors (Lipinski definition) is 3. The molecule has 0 bridgehead atoms. The first-order valence-electron chi connectivity index (χ1n) is 5.13. The van der Waals surface area contributed by atoms with Crippen molar-refractivity contribution < 1.29 is 9.84 Å². The highest BCUT2D eigenvalue weighted by molar-refractivity contribution is 7.12. The van der Waals surface area contributed by atoms with Gasteiger partial charge in [-0.15, -0.1) is 11.3 Å². The average molecular weight is 228 g/mol. The lowest BCUT2D eigenvalue weighted by atomic mass is 9.85. The van der Waals surface area contributed by atoms with Crippen LogP contribution >= 0.6 is 11.3 Å². The van der Waals surface area contributed by atoms with Crippen LogP contribution in [0.3, 0.4) is 0 Å².